The molecule has 1 aromatic heterocycles. The van der Waals surface area contributed by atoms with Gasteiger partial charge in [-0.25, -0.2) is 0 Å². The van der Waals surface area contributed by atoms with Crippen LogP contribution in [-0.4, -0.2) is 5.91 Å². The first-order valence-electron chi connectivity index (χ1n) is 5.40. The van der Waals surface area contributed by atoms with Gasteiger partial charge in [0, 0.05) is 15.9 Å². The number of aryl methyl sites for hydroxylation is 1. The monoisotopic (exact) mass is 285 g/mol. The summed E-state index contributed by atoms with van der Waals surface area (Å²) in [6.07, 6.45) is -4.37. The molecule has 6 heteroatoms. The van der Waals surface area contributed by atoms with E-state index in [1.54, 1.807) is 11.4 Å². The number of nitrogens with one attached hydrogen (secondary N) is 1. The minimum atomic E-state index is -4.37. The molecule has 0 spiro atoms. The summed E-state index contributed by atoms with van der Waals surface area (Å²) in [4.78, 5) is 12.8. The normalized spacial score (nSPS) is 11.4. The highest BCUT2D eigenvalue weighted by molar-refractivity contribution is 7.10. The molecule has 2 nitrogen and oxygen atoms in total. The minimum absolute atomic E-state index is 0.330. The van der Waals surface area contributed by atoms with Crippen molar-refractivity contribution in [2.24, 2.45) is 0 Å². The van der Waals surface area contributed by atoms with Crippen LogP contribution >= 0.6 is 11.3 Å². The van der Waals surface area contributed by atoms with Gasteiger partial charge in [0.1, 0.15) is 0 Å². The second-order valence-electron chi connectivity index (χ2n) is 3.98. The number of rotatable bonds is 2. The fraction of sp³-hybridized carbons (Fsp3) is 0.154. The lowest BCUT2D eigenvalue weighted by Crippen LogP contribution is -2.11. The van der Waals surface area contributed by atoms with E-state index in [2.05, 4.69) is 5.32 Å². The number of benzene rings is 1. The average molecular weight is 285 g/mol. The summed E-state index contributed by atoms with van der Waals surface area (Å²) >= 11 is 1.44. The predicted octanol–water partition coefficient (Wildman–Crippen LogP) is 4.33. The standard InChI is InChI=1S/C13H10F3NOS/c1-8-6-9(7-19-8)12(18)17-11-4-2-10(3-5-11)13(14,15)16/h2-7H,1H3,(H,17,18). The van der Waals surface area contributed by atoms with Crippen LogP contribution in [0.1, 0.15) is 20.8 Å². The van der Waals surface area contributed by atoms with Crippen molar-refractivity contribution >= 4 is 22.9 Å². The first-order valence-corrected chi connectivity index (χ1v) is 6.28. The molecule has 0 aliphatic rings. The zero-order valence-corrected chi connectivity index (χ0v) is 10.7. The molecule has 0 fully saturated rings. The largest absolute Gasteiger partial charge is 0.416 e. The van der Waals surface area contributed by atoms with E-state index in [0.717, 1.165) is 17.0 Å². The van der Waals surface area contributed by atoms with Crippen molar-refractivity contribution in [3.05, 3.63) is 51.7 Å². The molecule has 100 valence electrons. The Morgan fingerprint density at radius 1 is 1.21 bits per heavy atom. The Bertz CT molecular complexity index is 587. The molecule has 0 radical (unpaired) electrons. The number of hydrogen-bond donors (Lipinski definition) is 1. The van der Waals surface area contributed by atoms with Gasteiger partial charge in [0.15, 0.2) is 0 Å². The number of halogens is 3. The number of anilines is 1. The van der Waals surface area contributed by atoms with E-state index >= 15 is 0 Å². The van der Waals surface area contributed by atoms with E-state index in [1.807, 2.05) is 6.92 Å². The van der Waals surface area contributed by atoms with E-state index in [1.165, 1.54) is 23.5 Å². The van der Waals surface area contributed by atoms with Crippen LogP contribution in [0.25, 0.3) is 0 Å². The van der Waals surface area contributed by atoms with Gasteiger partial charge in [0.2, 0.25) is 0 Å². The quantitative estimate of drug-likeness (QED) is 0.874. The van der Waals surface area contributed by atoms with Gasteiger partial charge in [-0.15, -0.1) is 11.3 Å². The first-order chi connectivity index (χ1) is 8.86. The summed E-state index contributed by atoms with van der Waals surface area (Å²) in [5.41, 5.74) is 0.0983. The topological polar surface area (TPSA) is 29.1 Å². The van der Waals surface area contributed by atoms with E-state index in [-0.39, 0.29) is 5.91 Å². The number of carbonyl (C=O) groups excluding carboxylic acids is 1. The molecular formula is C13H10F3NOS. The third kappa shape index (κ3) is 3.35. The SMILES string of the molecule is Cc1cc(C(=O)Nc2ccc(C(F)(F)F)cc2)cs1. The molecule has 1 amide bonds. The number of alkyl halides is 3. The second-order valence-corrected chi connectivity index (χ2v) is 5.09. The zero-order valence-electron chi connectivity index (χ0n) is 9.91. The Hall–Kier alpha value is -1.82. The summed E-state index contributed by atoms with van der Waals surface area (Å²) in [5, 5.41) is 4.25. The predicted molar refractivity (Wildman–Crippen MR) is 68.5 cm³/mol. The van der Waals surface area contributed by atoms with Crippen molar-refractivity contribution in [1.82, 2.24) is 0 Å². The van der Waals surface area contributed by atoms with Crippen LogP contribution in [-0.2, 0) is 6.18 Å². The highest BCUT2D eigenvalue weighted by atomic mass is 32.1. The Kier molecular flexibility index (Phi) is 3.61. The molecule has 19 heavy (non-hydrogen) atoms. The van der Waals surface area contributed by atoms with Gasteiger partial charge in [-0.05, 0) is 37.3 Å². The van der Waals surface area contributed by atoms with Crippen LogP contribution in [0.3, 0.4) is 0 Å². The molecule has 0 aliphatic heterocycles. The van der Waals surface area contributed by atoms with Gasteiger partial charge < -0.3 is 5.32 Å². The molecule has 0 saturated carbocycles. The molecule has 2 rings (SSSR count). The molecule has 1 aromatic carbocycles. The van der Waals surface area contributed by atoms with Crippen LogP contribution in [0.2, 0.25) is 0 Å². The lowest BCUT2D eigenvalue weighted by atomic mass is 10.2. The lowest BCUT2D eigenvalue weighted by molar-refractivity contribution is -0.137. The van der Waals surface area contributed by atoms with Crippen LogP contribution < -0.4 is 5.32 Å². The Labute approximate surface area is 111 Å². The first kappa shape index (κ1) is 13.6. The highest BCUT2D eigenvalue weighted by Gasteiger charge is 2.29. The summed E-state index contributed by atoms with van der Waals surface area (Å²) < 4.78 is 37.1. The zero-order chi connectivity index (χ0) is 14.0. The average Bonchev–Trinajstić information content (AvgIpc) is 2.75. The van der Waals surface area contributed by atoms with Crippen molar-refractivity contribution in [2.75, 3.05) is 5.32 Å². The highest BCUT2D eigenvalue weighted by Crippen LogP contribution is 2.29. The molecule has 1 N–H and O–H groups in total. The lowest BCUT2D eigenvalue weighted by Gasteiger charge is -2.08. The van der Waals surface area contributed by atoms with Crippen molar-refractivity contribution in [1.29, 1.82) is 0 Å². The fourth-order valence-electron chi connectivity index (χ4n) is 1.51. The molecule has 0 saturated heterocycles. The minimum Gasteiger partial charge on any atom is -0.322 e. The maximum Gasteiger partial charge on any atom is 0.416 e. The summed E-state index contributed by atoms with van der Waals surface area (Å²) in [6.45, 7) is 1.87. The third-order valence-corrected chi connectivity index (χ3v) is 3.32. The van der Waals surface area contributed by atoms with Gasteiger partial charge in [-0.1, -0.05) is 0 Å². The van der Waals surface area contributed by atoms with Crippen LogP contribution in [0.5, 0.6) is 0 Å². The molecule has 0 atom stereocenters. The number of carbonyl (C=O) groups is 1. The molecular weight excluding hydrogens is 275 g/mol. The maximum absolute atomic E-state index is 12.4. The second kappa shape index (κ2) is 5.05. The van der Waals surface area contributed by atoms with Crippen molar-refractivity contribution < 1.29 is 18.0 Å². The molecule has 2 aromatic rings. The van der Waals surface area contributed by atoms with Gasteiger partial charge in [-0.2, -0.15) is 13.2 Å². The summed E-state index contributed by atoms with van der Waals surface area (Å²) in [6, 6.07) is 6.08. The number of thiophene rings is 1. The Morgan fingerprint density at radius 2 is 1.84 bits per heavy atom. The van der Waals surface area contributed by atoms with E-state index in [9.17, 15) is 18.0 Å². The van der Waals surface area contributed by atoms with Crippen LogP contribution in [0.15, 0.2) is 35.7 Å². The summed E-state index contributed by atoms with van der Waals surface area (Å²) in [5.74, 6) is -0.330. The van der Waals surface area contributed by atoms with Gasteiger partial charge in [0.25, 0.3) is 5.91 Å². The maximum atomic E-state index is 12.4. The number of amides is 1. The molecule has 0 aliphatic carbocycles. The van der Waals surface area contributed by atoms with Gasteiger partial charge >= 0.3 is 6.18 Å². The summed E-state index contributed by atoms with van der Waals surface area (Å²) in [7, 11) is 0. The third-order valence-electron chi connectivity index (χ3n) is 2.46. The van der Waals surface area contributed by atoms with Crippen molar-refractivity contribution in [3.8, 4) is 0 Å². The van der Waals surface area contributed by atoms with Crippen molar-refractivity contribution in [3.63, 3.8) is 0 Å². The molecule has 0 unspecified atom stereocenters. The Balaban J connectivity index is 2.10. The van der Waals surface area contributed by atoms with Gasteiger partial charge in [-0.3, -0.25) is 4.79 Å². The number of hydrogen-bond acceptors (Lipinski definition) is 2. The van der Waals surface area contributed by atoms with Crippen molar-refractivity contribution in [2.45, 2.75) is 13.1 Å². The van der Waals surface area contributed by atoms with E-state index < -0.39 is 11.7 Å². The fourth-order valence-corrected chi connectivity index (χ4v) is 2.19. The molecule has 1 heterocycles. The smallest absolute Gasteiger partial charge is 0.322 e. The van der Waals surface area contributed by atoms with E-state index in [4.69, 9.17) is 0 Å². The van der Waals surface area contributed by atoms with Gasteiger partial charge in [0.05, 0.1) is 11.1 Å². The van der Waals surface area contributed by atoms with E-state index in [0.29, 0.717) is 11.3 Å². The Morgan fingerprint density at radius 3 is 2.32 bits per heavy atom. The molecule has 0 bridgehead atoms. The van der Waals surface area contributed by atoms with Crippen LogP contribution in [0, 0.1) is 6.92 Å². The van der Waals surface area contributed by atoms with Crippen LogP contribution in [0.4, 0.5) is 18.9 Å².